The van der Waals surface area contributed by atoms with Crippen molar-refractivity contribution in [2.75, 3.05) is 0 Å². The van der Waals surface area contributed by atoms with E-state index < -0.39 is 0 Å². The minimum atomic E-state index is 0.417. The van der Waals surface area contributed by atoms with E-state index in [0.717, 1.165) is 11.8 Å². The number of rotatable bonds is 3. The van der Waals surface area contributed by atoms with Crippen LogP contribution < -0.4 is 0 Å². The average Bonchev–Trinajstić information content (AvgIpc) is 2.43. The fraction of sp³-hybridized carbons (Fsp3) is 0.941. The van der Waals surface area contributed by atoms with Gasteiger partial charge in [0.15, 0.2) is 0 Å². The standard InChI is InChI=1S/C15H26O.C2H6/c1-12(16)15(13-8-4-2-5-9-13)14-10-6-3-7-11-14;1-2/h13-15H,2-11H2,1H3;1-2H3. The molecule has 0 bridgehead atoms. The lowest BCUT2D eigenvalue weighted by Crippen LogP contribution is -2.32. The van der Waals surface area contributed by atoms with Gasteiger partial charge in [-0.15, -0.1) is 0 Å². The Labute approximate surface area is 114 Å². The van der Waals surface area contributed by atoms with Crippen LogP contribution in [0, 0.1) is 17.8 Å². The Bertz CT molecular complexity index is 204. The second-order valence-corrected chi connectivity index (χ2v) is 5.93. The molecule has 2 fully saturated rings. The van der Waals surface area contributed by atoms with Gasteiger partial charge < -0.3 is 0 Å². The van der Waals surface area contributed by atoms with Gasteiger partial charge in [-0.25, -0.2) is 0 Å². The Morgan fingerprint density at radius 3 is 1.39 bits per heavy atom. The van der Waals surface area contributed by atoms with Gasteiger partial charge in [0.1, 0.15) is 5.78 Å². The normalized spacial score (nSPS) is 22.4. The first-order chi connectivity index (χ1) is 8.79. The number of hydrogen-bond acceptors (Lipinski definition) is 1. The predicted molar refractivity (Wildman–Crippen MR) is 78.7 cm³/mol. The summed E-state index contributed by atoms with van der Waals surface area (Å²) in [6.07, 6.45) is 13.5. The van der Waals surface area contributed by atoms with Crippen molar-refractivity contribution in [2.24, 2.45) is 17.8 Å². The number of hydrogen-bond donors (Lipinski definition) is 0. The quantitative estimate of drug-likeness (QED) is 0.659. The molecule has 0 spiro atoms. The Hall–Kier alpha value is -0.330. The largest absolute Gasteiger partial charge is 0.300 e. The molecule has 0 aromatic carbocycles. The van der Waals surface area contributed by atoms with Crippen molar-refractivity contribution in [2.45, 2.75) is 85.0 Å². The van der Waals surface area contributed by atoms with Crippen LogP contribution in [0.15, 0.2) is 0 Å². The topological polar surface area (TPSA) is 17.1 Å². The fourth-order valence-corrected chi connectivity index (χ4v) is 4.04. The summed E-state index contributed by atoms with van der Waals surface area (Å²) in [5.74, 6) is 2.36. The second kappa shape index (κ2) is 8.72. The number of carbonyl (C=O) groups is 1. The van der Waals surface area contributed by atoms with Crippen LogP contribution >= 0.6 is 0 Å². The number of ketones is 1. The maximum absolute atomic E-state index is 11.9. The molecule has 2 aliphatic rings. The maximum atomic E-state index is 11.9. The molecule has 0 N–H and O–H groups in total. The summed E-state index contributed by atoms with van der Waals surface area (Å²) in [7, 11) is 0. The predicted octanol–water partition coefficient (Wildman–Crippen LogP) is 5.38. The summed E-state index contributed by atoms with van der Waals surface area (Å²) in [5, 5.41) is 0. The van der Waals surface area contributed by atoms with Gasteiger partial charge in [0.2, 0.25) is 0 Å². The molecule has 18 heavy (non-hydrogen) atoms. The lowest BCUT2D eigenvalue weighted by Gasteiger charge is -2.36. The molecule has 0 heterocycles. The Morgan fingerprint density at radius 1 is 0.778 bits per heavy atom. The maximum Gasteiger partial charge on any atom is 0.133 e. The minimum absolute atomic E-state index is 0.417. The van der Waals surface area contributed by atoms with Crippen LogP contribution in [-0.2, 0) is 4.79 Å². The smallest absolute Gasteiger partial charge is 0.133 e. The van der Waals surface area contributed by atoms with Crippen LogP contribution in [0.5, 0.6) is 0 Å². The highest BCUT2D eigenvalue weighted by Crippen LogP contribution is 2.40. The van der Waals surface area contributed by atoms with Crippen LogP contribution in [0.1, 0.15) is 85.0 Å². The molecular formula is C17H32O. The molecule has 0 aromatic heterocycles. The Balaban J connectivity index is 0.000000771. The summed E-state index contributed by atoms with van der Waals surface area (Å²) in [6.45, 7) is 5.84. The molecular weight excluding hydrogens is 220 g/mol. The summed E-state index contributed by atoms with van der Waals surface area (Å²) >= 11 is 0. The molecule has 0 radical (unpaired) electrons. The van der Waals surface area contributed by atoms with Crippen molar-refractivity contribution in [1.82, 2.24) is 0 Å². The van der Waals surface area contributed by atoms with Crippen molar-refractivity contribution in [3.63, 3.8) is 0 Å². The average molecular weight is 252 g/mol. The zero-order valence-electron chi connectivity index (χ0n) is 12.7. The first kappa shape index (κ1) is 15.7. The van der Waals surface area contributed by atoms with Crippen LogP contribution in [0.25, 0.3) is 0 Å². The van der Waals surface area contributed by atoms with Gasteiger partial charge in [0, 0.05) is 5.92 Å². The third kappa shape index (κ3) is 4.40. The van der Waals surface area contributed by atoms with Gasteiger partial charge in [-0.1, -0.05) is 52.4 Å². The van der Waals surface area contributed by atoms with E-state index in [1.807, 2.05) is 20.8 Å². The van der Waals surface area contributed by atoms with Gasteiger partial charge in [-0.3, -0.25) is 4.79 Å². The molecule has 0 amide bonds. The van der Waals surface area contributed by atoms with E-state index in [1.54, 1.807) is 0 Å². The Kier molecular flexibility index (Phi) is 7.62. The summed E-state index contributed by atoms with van der Waals surface area (Å²) in [5.41, 5.74) is 0. The molecule has 106 valence electrons. The third-order valence-corrected chi connectivity index (χ3v) is 4.78. The lowest BCUT2D eigenvalue weighted by atomic mass is 9.68. The van der Waals surface area contributed by atoms with E-state index in [-0.39, 0.29) is 0 Å². The van der Waals surface area contributed by atoms with Crippen molar-refractivity contribution in [3.05, 3.63) is 0 Å². The van der Waals surface area contributed by atoms with E-state index in [9.17, 15) is 4.79 Å². The SMILES string of the molecule is CC.CC(=O)C(C1CCCCC1)C1CCCCC1. The lowest BCUT2D eigenvalue weighted by molar-refractivity contribution is -0.125. The van der Waals surface area contributed by atoms with Crippen LogP contribution in [0.2, 0.25) is 0 Å². The summed E-state index contributed by atoms with van der Waals surface area (Å²) in [6, 6.07) is 0. The highest BCUT2D eigenvalue weighted by atomic mass is 16.1. The molecule has 2 aliphatic carbocycles. The van der Waals surface area contributed by atoms with E-state index in [2.05, 4.69) is 0 Å². The molecule has 2 rings (SSSR count). The summed E-state index contributed by atoms with van der Waals surface area (Å²) < 4.78 is 0. The van der Waals surface area contributed by atoms with Gasteiger partial charge >= 0.3 is 0 Å². The van der Waals surface area contributed by atoms with E-state index >= 15 is 0 Å². The zero-order chi connectivity index (χ0) is 13.4. The first-order valence-electron chi connectivity index (χ1n) is 8.29. The van der Waals surface area contributed by atoms with Gasteiger partial charge in [-0.2, -0.15) is 0 Å². The molecule has 0 saturated heterocycles. The second-order valence-electron chi connectivity index (χ2n) is 5.93. The van der Waals surface area contributed by atoms with Crippen LogP contribution in [-0.4, -0.2) is 5.78 Å². The first-order valence-corrected chi connectivity index (χ1v) is 8.29. The number of Topliss-reactive ketones (excluding diaryl/α,β-unsaturated/α-hetero) is 1. The third-order valence-electron chi connectivity index (χ3n) is 4.78. The molecule has 1 heteroatoms. The van der Waals surface area contributed by atoms with Crippen molar-refractivity contribution in [3.8, 4) is 0 Å². The molecule has 1 nitrogen and oxygen atoms in total. The monoisotopic (exact) mass is 252 g/mol. The fourth-order valence-electron chi connectivity index (χ4n) is 4.04. The summed E-state index contributed by atoms with van der Waals surface area (Å²) in [4.78, 5) is 11.9. The number of carbonyl (C=O) groups excluding carboxylic acids is 1. The molecule has 0 aliphatic heterocycles. The molecule has 2 saturated carbocycles. The van der Waals surface area contributed by atoms with Crippen molar-refractivity contribution < 1.29 is 4.79 Å². The Morgan fingerprint density at radius 2 is 1.11 bits per heavy atom. The van der Waals surface area contributed by atoms with Crippen LogP contribution in [0.4, 0.5) is 0 Å². The van der Waals surface area contributed by atoms with Crippen molar-refractivity contribution >= 4 is 5.78 Å². The van der Waals surface area contributed by atoms with E-state index in [1.165, 1.54) is 64.2 Å². The van der Waals surface area contributed by atoms with Gasteiger partial charge in [-0.05, 0) is 44.4 Å². The highest BCUT2D eigenvalue weighted by Gasteiger charge is 2.34. The minimum Gasteiger partial charge on any atom is -0.300 e. The van der Waals surface area contributed by atoms with Crippen molar-refractivity contribution in [1.29, 1.82) is 0 Å². The molecule has 0 aromatic rings. The molecule has 0 unspecified atom stereocenters. The van der Waals surface area contributed by atoms with Crippen LogP contribution in [0.3, 0.4) is 0 Å². The van der Waals surface area contributed by atoms with Gasteiger partial charge in [0.05, 0.1) is 0 Å². The van der Waals surface area contributed by atoms with E-state index in [0.29, 0.717) is 11.7 Å². The zero-order valence-corrected chi connectivity index (χ0v) is 12.7. The van der Waals surface area contributed by atoms with Gasteiger partial charge in [0.25, 0.3) is 0 Å². The van der Waals surface area contributed by atoms with E-state index in [4.69, 9.17) is 0 Å². The highest BCUT2D eigenvalue weighted by molar-refractivity contribution is 5.79. The molecule has 0 atom stereocenters.